The molecule has 1 aromatic rings. The minimum Gasteiger partial charge on any atom is -0.251 e. The number of halogens is 2. The molecule has 154 valence electrons. The summed E-state index contributed by atoms with van der Waals surface area (Å²) in [6.07, 6.45) is 15.1. The lowest BCUT2D eigenvalue weighted by molar-refractivity contribution is 0.153. The van der Waals surface area contributed by atoms with Crippen LogP contribution in [-0.2, 0) is 6.42 Å². The smallest absolute Gasteiger partial charge is 0.139 e. The average molecular weight is 387 g/mol. The molecule has 0 aliphatic heterocycles. The second-order valence-corrected chi connectivity index (χ2v) is 9.06. The molecule has 0 bridgehead atoms. The van der Waals surface area contributed by atoms with Gasteiger partial charge in [-0.05, 0) is 74.0 Å². The average Bonchev–Trinajstić information content (AvgIpc) is 2.73. The molecular formula is C26H36F2. The molecule has 2 saturated carbocycles. The van der Waals surface area contributed by atoms with Crippen LogP contribution in [0.25, 0.3) is 0 Å². The Labute approximate surface area is 170 Å². The number of unbranched alkanes of at least 4 members (excludes halogenated alkanes) is 1. The van der Waals surface area contributed by atoms with Gasteiger partial charge in [0.05, 0.1) is 12.2 Å². The predicted octanol–water partition coefficient (Wildman–Crippen LogP) is 7.49. The van der Waals surface area contributed by atoms with Crippen molar-refractivity contribution in [3.63, 3.8) is 0 Å². The van der Waals surface area contributed by atoms with Crippen LogP contribution in [0.2, 0.25) is 0 Å². The third-order valence-electron chi connectivity index (χ3n) is 7.12. The molecule has 2 aliphatic rings. The fraction of sp³-hybridized carbons (Fsp3) is 0.692. The Kier molecular flexibility index (Phi) is 8.38. The number of hydrogen-bond donors (Lipinski definition) is 0. The van der Waals surface area contributed by atoms with E-state index in [0.29, 0.717) is 17.0 Å². The highest BCUT2D eigenvalue weighted by atomic mass is 19.1. The summed E-state index contributed by atoms with van der Waals surface area (Å²) in [5.41, 5.74) is 1.16. The van der Waals surface area contributed by atoms with Gasteiger partial charge in [-0.1, -0.05) is 56.9 Å². The Morgan fingerprint density at radius 2 is 1.64 bits per heavy atom. The first-order valence-corrected chi connectivity index (χ1v) is 11.6. The van der Waals surface area contributed by atoms with Crippen molar-refractivity contribution in [3.05, 3.63) is 35.1 Å². The van der Waals surface area contributed by atoms with E-state index in [0.717, 1.165) is 30.6 Å². The molecule has 0 radical (unpaired) electrons. The SMILES string of the molecule is CCCCC1CCC(C2CCC(C#Cc3ccc(CCF)cc3F)CC2)CC1. The van der Waals surface area contributed by atoms with E-state index in [9.17, 15) is 8.78 Å². The summed E-state index contributed by atoms with van der Waals surface area (Å²) in [6.45, 7) is 1.84. The Balaban J connectivity index is 1.45. The van der Waals surface area contributed by atoms with Gasteiger partial charge in [0.15, 0.2) is 0 Å². The molecule has 2 fully saturated rings. The Morgan fingerprint density at radius 3 is 2.25 bits per heavy atom. The largest absolute Gasteiger partial charge is 0.251 e. The number of alkyl halides is 1. The molecule has 2 aliphatic carbocycles. The lowest BCUT2D eigenvalue weighted by Gasteiger charge is -2.37. The number of benzene rings is 1. The molecule has 28 heavy (non-hydrogen) atoms. The molecule has 0 amide bonds. The first kappa shape index (κ1) is 21.4. The van der Waals surface area contributed by atoms with Crippen molar-refractivity contribution in [1.29, 1.82) is 0 Å². The van der Waals surface area contributed by atoms with Gasteiger partial charge >= 0.3 is 0 Å². The summed E-state index contributed by atoms with van der Waals surface area (Å²) in [5, 5.41) is 0. The van der Waals surface area contributed by atoms with Crippen molar-refractivity contribution < 1.29 is 8.78 Å². The Hall–Kier alpha value is -1.36. The maximum absolute atomic E-state index is 14.1. The van der Waals surface area contributed by atoms with Crippen molar-refractivity contribution in [2.45, 2.75) is 84.0 Å². The summed E-state index contributed by atoms with van der Waals surface area (Å²) >= 11 is 0. The zero-order valence-corrected chi connectivity index (χ0v) is 17.5. The van der Waals surface area contributed by atoms with E-state index in [1.165, 1.54) is 63.9 Å². The third-order valence-corrected chi connectivity index (χ3v) is 7.12. The number of aryl methyl sites for hydroxylation is 1. The molecule has 0 nitrogen and oxygen atoms in total. The van der Waals surface area contributed by atoms with E-state index in [1.54, 1.807) is 12.1 Å². The zero-order valence-electron chi connectivity index (χ0n) is 17.5. The topological polar surface area (TPSA) is 0 Å². The van der Waals surface area contributed by atoms with Gasteiger partial charge in [0.25, 0.3) is 0 Å². The second kappa shape index (κ2) is 11.0. The molecule has 0 N–H and O–H groups in total. The Bertz CT molecular complexity index is 653. The van der Waals surface area contributed by atoms with Gasteiger partial charge in [-0.2, -0.15) is 0 Å². The quantitative estimate of drug-likeness (QED) is 0.444. The highest BCUT2D eigenvalue weighted by molar-refractivity contribution is 5.38. The summed E-state index contributed by atoms with van der Waals surface area (Å²) in [6, 6.07) is 4.92. The van der Waals surface area contributed by atoms with Crippen molar-refractivity contribution >= 4 is 0 Å². The van der Waals surface area contributed by atoms with Gasteiger partial charge < -0.3 is 0 Å². The van der Waals surface area contributed by atoms with Crippen molar-refractivity contribution in [2.75, 3.05) is 6.67 Å². The monoisotopic (exact) mass is 386 g/mol. The van der Waals surface area contributed by atoms with Crippen LogP contribution >= 0.6 is 0 Å². The molecule has 0 aromatic heterocycles. The number of hydrogen-bond acceptors (Lipinski definition) is 0. The molecule has 0 saturated heterocycles. The molecule has 0 atom stereocenters. The van der Waals surface area contributed by atoms with E-state index in [2.05, 4.69) is 18.8 Å². The predicted molar refractivity (Wildman–Crippen MR) is 113 cm³/mol. The lowest BCUT2D eigenvalue weighted by atomic mass is 9.69. The van der Waals surface area contributed by atoms with E-state index in [4.69, 9.17) is 0 Å². The van der Waals surface area contributed by atoms with E-state index in [1.807, 2.05) is 0 Å². The van der Waals surface area contributed by atoms with E-state index < -0.39 is 6.67 Å². The van der Waals surface area contributed by atoms with Crippen LogP contribution in [0.5, 0.6) is 0 Å². The van der Waals surface area contributed by atoms with Crippen molar-refractivity contribution in [1.82, 2.24) is 0 Å². The lowest BCUT2D eigenvalue weighted by Crippen LogP contribution is -2.25. The standard InChI is InChI=1S/C26H36F2/c1-2-3-4-20-5-11-23(12-6-20)24-13-7-21(8-14-24)9-15-25-16-10-22(17-18-27)19-26(25)28/h10,16,19-21,23-24H,2-8,11-14,17-18H2,1H3. The summed E-state index contributed by atoms with van der Waals surface area (Å²) in [4.78, 5) is 0. The second-order valence-electron chi connectivity index (χ2n) is 9.06. The fourth-order valence-electron chi connectivity index (χ4n) is 5.28. The van der Waals surface area contributed by atoms with Gasteiger partial charge in [0.1, 0.15) is 5.82 Å². The van der Waals surface area contributed by atoms with Gasteiger partial charge in [-0.15, -0.1) is 0 Å². The van der Waals surface area contributed by atoms with Crippen LogP contribution in [0.3, 0.4) is 0 Å². The van der Waals surface area contributed by atoms with Gasteiger partial charge in [0, 0.05) is 12.3 Å². The normalized spacial score (nSPS) is 27.8. The van der Waals surface area contributed by atoms with Gasteiger partial charge in [0.2, 0.25) is 0 Å². The molecule has 0 unspecified atom stereocenters. The van der Waals surface area contributed by atoms with Crippen molar-refractivity contribution in [2.24, 2.45) is 23.7 Å². The maximum Gasteiger partial charge on any atom is 0.139 e. The molecule has 0 heterocycles. The first-order chi connectivity index (χ1) is 13.7. The van der Waals surface area contributed by atoms with Gasteiger partial charge in [-0.3, -0.25) is 4.39 Å². The Morgan fingerprint density at radius 1 is 0.964 bits per heavy atom. The van der Waals surface area contributed by atoms with Crippen LogP contribution < -0.4 is 0 Å². The van der Waals surface area contributed by atoms with Crippen LogP contribution in [0.4, 0.5) is 8.78 Å². The number of rotatable bonds is 6. The summed E-state index contributed by atoms with van der Waals surface area (Å²) in [7, 11) is 0. The summed E-state index contributed by atoms with van der Waals surface area (Å²) < 4.78 is 26.5. The highest BCUT2D eigenvalue weighted by Gasteiger charge is 2.30. The third kappa shape index (κ3) is 6.07. The van der Waals surface area contributed by atoms with Crippen LogP contribution in [0, 0.1) is 41.3 Å². The zero-order chi connectivity index (χ0) is 19.8. The minimum atomic E-state index is -0.450. The van der Waals surface area contributed by atoms with Gasteiger partial charge in [-0.25, -0.2) is 4.39 Å². The maximum atomic E-state index is 14.1. The molecular weight excluding hydrogens is 350 g/mol. The molecule has 0 spiro atoms. The van der Waals surface area contributed by atoms with E-state index in [-0.39, 0.29) is 12.2 Å². The van der Waals surface area contributed by atoms with Crippen molar-refractivity contribution in [3.8, 4) is 11.8 Å². The first-order valence-electron chi connectivity index (χ1n) is 11.6. The highest BCUT2D eigenvalue weighted by Crippen LogP contribution is 2.42. The fourth-order valence-corrected chi connectivity index (χ4v) is 5.28. The van der Waals surface area contributed by atoms with Crippen LogP contribution in [-0.4, -0.2) is 6.67 Å². The summed E-state index contributed by atoms with van der Waals surface area (Å²) in [5.74, 6) is 9.28. The van der Waals surface area contributed by atoms with Crippen LogP contribution in [0.15, 0.2) is 18.2 Å². The van der Waals surface area contributed by atoms with Crippen LogP contribution in [0.1, 0.15) is 88.7 Å². The van der Waals surface area contributed by atoms with E-state index >= 15 is 0 Å². The molecule has 3 rings (SSSR count). The molecule has 1 aromatic carbocycles. The molecule has 2 heteroatoms. The minimum absolute atomic E-state index is 0.273.